The number of carbonyl (C=O) groups excluding carboxylic acids is 2. The van der Waals surface area contributed by atoms with Gasteiger partial charge in [0.25, 0.3) is 0 Å². The molecule has 1 aliphatic heterocycles. The number of hydrogen-bond donors (Lipinski definition) is 3. The van der Waals surface area contributed by atoms with Gasteiger partial charge in [-0.2, -0.15) is 0 Å². The largest absolute Gasteiger partial charge is 0.340 e. The Labute approximate surface area is 159 Å². The third-order valence-electron chi connectivity index (χ3n) is 5.03. The lowest BCUT2D eigenvalue weighted by Gasteiger charge is -2.22. The number of nitrogens with two attached hydrogens (primary N) is 1. The Morgan fingerprint density at radius 3 is 2.33 bits per heavy atom. The van der Waals surface area contributed by atoms with Gasteiger partial charge in [-0.05, 0) is 37.1 Å². The Kier molecular flexibility index (Phi) is 6.08. The van der Waals surface area contributed by atoms with E-state index in [9.17, 15) is 9.59 Å². The number of amides is 3. The molecular formula is C21H26N4O2. The summed E-state index contributed by atoms with van der Waals surface area (Å²) in [6.07, 6.45) is 0. The number of para-hydroxylation sites is 1. The first-order valence-electron chi connectivity index (χ1n) is 9.25. The number of rotatable bonds is 5. The van der Waals surface area contributed by atoms with Gasteiger partial charge in [-0.15, -0.1) is 0 Å². The van der Waals surface area contributed by atoms with E-state index in [4.69, 9.17) is 5.73 Å². The van der Waals surface area contributed by atoms with Gasteiger partial charge in [0.1, 0.15) is 6.04 Å². The van der Waals surface area contributed by atoms with E-state index >= 15 is 0 Å². The highest BCUT2D eigenvalue weighted by molar-refractivity contribution is 5.93. The van der Waals surface area contributed by atoms with Crippen LogP contribution in [0.5, 0.6) is 0 Å². The van der Waals surface area contributed by atoms with Gasteiger partial charge in [0.2, 0.25) is 5.91 Å². The lowest BCUT2D eigenvalue weighted by molar-refractivity contribution is -0.131. The molecule has 3 atom stereocenters. The van der Waals surface area contributed by atoms with Crippen molar-refractivity contribution in [3.05, 3.63) is 66.2 Å². The van der Waals surface area contributed by atoms with Crippen molar-refractivity contribution >= 4 is 17.6 Å². The molecule has 0 spiro atoms. The summed E-state index contributed by atoms with van der Waals surface area (Å²) in [7, 11) is 0. The third-order valence-corrected chi connectivity index (χ3v) is 5.03. The molecule has 0 bridgehead atoms. The predicted molar refractivity (Wildman–Crippen MR) is 106 cm³/mol. The molecule has 2 aromatic carbocycles. The van der Waals surface area contributed by atoms with Crippen LogP contribution >= 0.6 is 0 Å². The maximum atomic E-state index is 12.8. The molecule has 6 heteroatoms. The highest BCUT2D eigenvalue weighted by Gasteiger charge is 2.36. The summed E-state index contributed by atoms with van der Waals surface area (Å²) in [4.78, 5) is 26.8. The van der Waals surface area contributed by atoms with Gasteiger partial charge in [0, 0.05) is 24.7 Å². The molecule has 6 nitrogen and oxygen atoms in total. The fraction of sp³-hybridized carbons (Fsp3) is 0.333. The summed E-state index contributed by atoms with van der Waals surface area (Å²) in [6, 6.07) is 18.3. The van der Waals surface area contributed by atoms with Crippen molar-refractivity contribution in [2.45, 2.75) is 18.9 Å². The van der Waals surface area contributed by atoms with E-state index in [-0.39, 0.29) is 17.7 Å². The van der Waals surface area contributed by atoms with Gasteiger partial charge in [-0.25, -0.2) is 4.79 Å². The van der Waals surface area contributed by atoms with Gasteiger partial charge in [-0.1, -0.05) is 48.5 Å². The molecule has 3 rings (SSSR count). The molecule has 2 aromatic rings. The van der Waals surface area contributed by atoms with E-state index < -0.39 is 12.1 Å². The van der Waals surface area contributed by atoms with Crippen LogP contribution in [-0.4, -0.2) is 42.5 Å². The predicted octanol–water partition coefficient (Wildman–Crippen LogP) is 2.40. The van der Waals surface area contributed by atoms with Crippen molar-refractivity contribution in [3.63, 3.8) is 0 Å². The molecule has 142 valence electrons. The molecule has 1 fully saturated rings. The Bertz CT molecular complexity index is 766. The van der Waals surface area contributed by atoms with Crippen molar-refractivity contribution in [1.82, 2.24) is 10.2 Å². The number of hydrogen-bond acceptors (Lipinski definition) is 3. The molecule has 0 radical (unpaired) electrons. The molecule has 0 aromatic heterocycles. The monoisotopic (exact) mass is 366 g/mol. The Balaban J connectivity index is 1.59. The zero-order chi connectivity index (χ0) is 19.2. The molecule has 1 heterocycles. The highest BCUT2D eigenvalue weighted by atomic mass is 16.2. The standard InChI is InChI=1S/C21H26N4O2/c1-15(23-21(27)24-18-10-6-3-7-11-18)20(26)25-13-17(12-22)19(14-25)16-8-4-2-5-9-16/h2-11,15,17,19H,12-14,22H2,1H3,(H2,23,24,27)/t15?,17-,19+/m1/s1. The zero-order valence-electron chi connectivity index (χ0n) is 15.5. The number of nitrogens with zero attached hydrogens (tertiary/aromatic N) is 1. The number of likely N-dealkylation sites (tertiary alicyclic amines) is 1. The van der Waals surface area contributed by atoms with Crippen LogP contribution in [0.15, 0.2) is 60.7 Å². The van der Waals surface area contributed by atoms with Crippen molar-refractivity contribution in [2.24, 2.45) is 11.7 Å². The summed E-state index contributed by atoms with van der Waals surface area (Å²) in [5.41, 5.74) is 7.83. The van der Waals surface area contributed by atoms with E-state index in [1.165, 1.54) is 5.56 Å². The van der Waals surface area contributed by atoms with Crippen LogP contribution in [0.1, 0.15) is 18.4 Å². The SMILES string of the molecule is CC(NC(=O)Nc1ccccc1)C(=O)N1C[C@@H](CN)[C@H](c2ccccc2)C1. The van der Waals surface area contributed by atoms with Gasteiger partial charge in [0.15, 0.2) is 0 Å². The molecule has 1 aliphatic rings. The fourth-order valence-corrected chi connectivity index (χ4v) is 3.59. The Morgan fingerprint density at radius 2 is 1.70 bits per heavy atom. The third kappa shape index (κ3) is 4.65. The quantitative estimate of drug-likeness (QED) is 0.759. The minimum atomic E-state index is -0.610. The minimum Gasteiger partial charge on any atom is -0.340 e. The first kappa shape index (κ1) is 18.9. The van der Waals surface area contributed by atoms with E-state index in [0.29, 0.717) is 25.3 Å². The Hall–Kier alpha value is -2.86. The van der Waals surface area contributed by atoms with E-state index in [1.807, 2.05) is 41.3 Å². The van der Waals surface area contributed by atoms with Crippen LogP contribution in [0, 0.1) is 5.92 Å². The van der Waals surface area contributed by atoms with E-state index in [2.05, 4.69) is 22.8 Å². The smallest absolute Gasteiger partial charge is 0.319 e. The molecule has 1 saturated heterocycles. The van der Waals surface area contributed by atoms with Gasteiger partial charge in [-0.3, -0.25) is 4.79 Å². The number of urea groups is 1. The lowest BCUT2D eigenvalue weighted by Crippen LogP contribution is -2.47. The second kappa shape index (κ2) is 8.68. The summed E-state index contributed by atoms with van der Waals surface area (Å²) in [6.45, 7) is 3.47. The van der Waals surface area contributed by atoms with Crippen molar-refractivity contribution < 1.29 is 9.59 Å². The van der Waals surface area contributed by atoms with Crippen molar-refractivity contribution in [1.29, 1.82) is 0 Å². The Morgan fingerprint density at radius 1 is 1.07 bits per heavy atom. The van der Waals surface area contributed by atoms with Crippen LogP contribution in [0.3, 0.4) is 0 Å². The molecule has 0 saturated carbocycles. The van der Waals surface area contributed by atoms with Crippen LogP contribution in [0.25, 0.3) is 0 Å². The van der Waals surface area contributed by atoms with Crippen molar-refractivity contribution in [2.75, 3.05) is 25.0 Å². The topological polar surface area (TPSA) is 87.5 Å². The average Bonchev–Trinajstić information content (AvgIpc) is 3.13. The van der Waals surface area contributed by atoms with Crippen LogP contribution in [-0.2, 0) is 4.79 Å². The summed E-state index contributed by atoms with van der Waals surface area (Å²) in [5.74, 6) is 0.363. The van der Waals surface area contributed by atoms with Crippen LogP contribution in [0.2, 0.25) is 0 Å². The molecule has 27 heavy (non-hydrogen) atoms. The molecular weight excluding hydrogens is 340 g/mol. The number of nitrogens with one attached hydrogen (secondary N) is 2. The zero-order valence-corrected chi connectivity index (χ0v) is 15.5. The first-order valence-corrected chi connectivity index (χ1v) is 9.25. The van der Waals surface area contributed by atoms with Gasteiger partial charge >= 0.3 is 6.03 Å². The number of carbonyl (C=O) groups is 2. The summed E-state index contributed by atoms with van der Waals surface area (Å²) in [5, 5.41) is 5.45. The number of benzene rings is 2. The fourth-order valence-electron chi connectivity index (χ4n) is 3.59. The van der Waals surface area contributed by atoms with Crippen LogP contribution in [0.4, 0.5) is 10.5 Å². The molecule has 0 aliphatic carbocycles. The van der Waals surface area contributed by atoms with E-state index in [0.717, 1.165) is 0 Å². The second-order valence-electron chi connectivity index (χ2n) is 6.94. The van der Waals surface area contributed by atoms with E-state index in [1.54, 1.807) is 19.1 Å². The van der Waals surface area contributed by atoms with Gasteiger partial charge < -0.3 is 21.3 Å². The molecule has 1 unspecified atom stereocenters. The first-order chi connectivity index (χ1) is 13.1. The number of anilines is 1. The highest BCUT2D eigenvalue weighted by Crippen LogP contribution is 2.32. The summed E-state index contributed by atoms with van der Waals surface area (Å²) >= 11 is 0. The minimum absolute atomic E-state index is 0.0879. The average molecular weight is 366 g/mol. The molecule has 4 N–H and O–H groups in total. The maximum Gasteiger partial charge on any atom is 0.319 e. The second-order valence-corrected chi connectivity index (χ2v) is 6.94. The molecule has 3 amide bonds. The normalized spacial score (nSPS) is 20.1. The lowest BCUT2D eigenvalue weighted by atomic mass is 9.89. The maximum absolute atomic E-state index is 12.8. The summed E-state index contributed by atoms with van der Waals surface area (Å²) < 4.78 is 0. The van der Waals surface area contributed by atoms with Gasteiger partial charge in [0.05, 0.1) is 0 Å². The van der Waals surface area contributed by atoms with Crippen LogP contribution < -0.4 is 16.4 Å². The van der Waals surface area contributed by atoms with Crippen molar-refractivity contribution in [3.8, 4) is 0 Å².